The van der Waals surface area contributed by atoms with Crippen LogP contribution >= 0.6 is 38.6 Å². The molecule has 2 aromatic rings. The van der Waals surface area contributed by atoms with Crippen LogP contribution in [0.1, 0.15) is 43.0 Å². The fraction of sp³-hybridized carbons (Fsp3) is 0.250. The molecule has 1 atom stereocenters. The zero-order chi connectivity index (χ0) is 14.9. The van der Waals surface area contributed by atoms with E-state index in [0.29, 0.717) is 15.6 Å². The number of thiazole rings is 1. The van der Waals surface area contributed by atoms with Crippen molar-refractivity contribution in [3.05, 3.63) is 36.4 Å². The Kier molecular flexibility index (Phi) is 4.56. The van der Waals surface area contributed by atoms with Crippen molar-refractivity contribution < 1.29 is 14.7 Å². The highest BCUT2D eigenvalue weighted by molar-refractivity contribution is 9.10. The van der Waals surface area contributed by atoms with Crippen LogP contribution in [0.5, 0.6) is 0 Å². The number of carboxylic acid groups (broad SMARTS) is 1. The number of nitrogens with zero attached hydrogens (tertiary/aromatic N) is 1. The summed E-state index contributed by atoms with van der Waals surface area (Å²) >= 11 is 5.72. The molecule has 2 heterocycles. The lowest BCUT2D eigenvalue weighted by atomic mass is 10.3. The first kappa shape index (κ1) is 15.1. The second kappa shape index (κ2) is 6.02. The van der Waals surface area contributed by atoms with Gasteiger partial charge in [-0.3, -0.25) is 4.79 Å². The normalized spacial score (nSPS) is 12.2. The number of aryl methyl sites for hydroxylation is 1. The van der Waals surface area contributed by atoms with Gasteiger partial charge in [0.1, 0.15) is 9.88 Å². The summed E-state index contributed by atoms with van der Waals surface area (Å²) in [5, 5.41) is 14.2. The maximum atomic E-state index is 12.0. The first-order chi connectivity index (χ1) is 9.38. The van der Waals surface area contributed by atoms with Gasteiger partial charge in [-0.2, -0.15) is 0 Å². The summed E-state index contributed by atoms with van der Waals surface area (Å²) in [6.45, 7) is 3.43. The number of rotatable bonds is 4. The van der Waals surface area contributed by atoms with Crippen LogP contribution in [0.25, 0.3) is 0 Å². The third kappa shape index (κ3) is 3.25. The van der Waals surface area contributed by atoms with E-state index in [1.807, 2.05) is 5.38 Å². The lowest BCUT2D eigenvalue weighted by Gasteiger charge is -2.09. The van der Waals surface area contributed by atoms with Gasteiger partial charge in [-0.1, -0.05) is 0 Å². The van der Waals surface area contributed by atoms with Crippen molar-refractivity contribution in [3.8, 4) is 0 Å². The number of amides is 1. The van der Waals surface area contributed by atoms with E-state index in [0.717, 1.165) is 15.8 Å². The minimum atomic E-state index is -0.994. The highest BCUT2D eigenvalue weighted by Gasteiger charge is 2.20. The van der Waals surface area contributed by atoms with Crippen LogP contribution in [0, 0.1) is 6.92 Å². The number of carbonyl (C=O) groups is 2. The van der Waals surface area contributed by atoms with Gasteiger partial charge in [-0.05, 0) is 35.8 Å². The second-order valence-corrected chi connectivity index (χ2v) is 6.95. The quantitative estimate of drug-likeness (QED) is 0.858. The summed E-state index contributed by atoms with van der Waals surface area (Å²) in [7, 11) is 0. The van der Waals surface area contributed by atoms with Crippen LogP contribution < -0.4 is 5.32 Å². The molecule has 0 aliphatic rings. The molecule has 0 saturated heterocycles. The van der Waals surface area contributed by atoms with E-state index >= 15 is 0 Å². The predicted octanol–water partition coefficient (Wildman–Crippen LogP) is 3.46. The first-order valence-corrected chi connectivity index (χ1v) is 8.13. The van der Waals surface area contributed by atoms with E-state index in [9.17, 15) is 9.59 Å². The van der Waals surface area contributed by atoms with Gasteiger partial charge in [-0.25, -0.2) is 9.78 Å². The monoisotopic (exact) mass is 374 g/mol. The number of thiophene rings is 1. The first-order valence-electron chi connectivity index (χ1n) is 5.64. The third-order valence-corrected chi connectivity index (χ3v) is 5.53. The molecular weight excluding hydrogens is 364 g/mol. The van der Waals surface area contributed by atoms with Crippen molar-refractivity contribution in [2.24, 2.45) is 0 Å². The van der Waals surface area contributed by atoms with E-state index in [1.165, 1.54) is 11.3 Å². The number of carboxylic acids is 1. The lowest BCUT2D eigenvalue weighted by molar-refractivity contribution is 0.0701. The Labute approximate surface area is 131 Å². The number of aromatic nitrogens is 1. The molecule has 0 aliphatic heterocycles. The lowest BCUT2D eigenvalue weighted by Crippen LogP contribution is -2.25. The fourth-order valence-corrected chi connectivity index (χ4v) is 3.80. The SMILES string of the molecule is Cc1nc(C(C)NC(=O)c2cc(Br)cs2)sc1C(=O)O. The van der Waals surface area contributed by atoms with Crippen LogP contribution in [-0.2, 0) is 0 Å². The zero-order valence-corrected chi connectivity index (χ0v) is 13.9. The molecule has 2 N–H and O–H groups in total. The molecule has 0 saturated carbocycles. The number of carbonyl (C=O) groups excluding carboxylic acids is 1. The van der Waals surface area contributed by atoms with Gasteiger partial charge in [0.2, 0.25) is 0 Å². The molecule has 0 spiro atoms. The molecular formula is C12H11BrN2O3S2. The fourth-order valence-electron chi connectivity index (χ4n) is 1.56. The highest BCUT2D eigenvalue weighted by Crippen LogP contribution is 2.25. The van der Waals surface area contributed by atoms with Crippen LogP contribution in [-0.4, -0.2) is 22.0 Å². The maximum Gasteiger partial charge on any atom is 0.347 e. The number of hydrogen-bond acceptors (Lipinski definition) is 5. The van der Waals surface area contributed by atoms with Crippen molar-refractivity contribution in [2.45, 2.75) is 19.9 Å². The standard InChI is InChI=1S/C12H11BrN2O3S2/c1-5-9(12(17)18)20-11(15-5)6(2)14-10(16)8-3-7(13)4-19-8/h3-4,6H,1-2H3,(H,14,16)(H,17,18). The van der Waals surface area contributed by atoms with Crippen molar-refractivity contribution in [1.29, 1.82) is 0 Å². The number of aromatic carboxylic acids is 1. The summed E-state index contributed by atoms with van der Waals surface area (Å²) in [5.41, 5.74) is 0.470. The zero-order valence-electron chi connectivity index (χ0n) is 10.6. The summed E-state index contributed by atoms with van der Waals surface area (Å²) in [6, 6.07) is 1.41. The maximum absolute atomic E-state index is 12.0. The van der Waals surface area contributed by atoms with Crippen LogP contribution in [0.3, 0.4) is 0 Å². The summed E-state index contributed by atoms with van der Waals surface area (Å²) in [4.78, 5) is 28.0. The Morgan fingerprint density at radius 1 is 1.50 bits per heavy atom. The highest BCUT2D eigenvalue weighted by atomic mass is 79.9. The minimum Gasteiger partial charge on any atom is -0.477 e. The molecule has 0 bridgehead atoms. The van der Waals surface area contributed by atoms with Gasteiger partial charge in [0.05, 0.1) is 16.6 Å². The number of halogens is 1. The molecule has 106 valence electrons. The summed E-state index contributed by atoms with van der Waals surface area (Å²) in [6.07, 6.45) is 0. The van der Waals surface area contributed by atoms with E-state index in [1.54, 1.807) is 19.9 Å². The molecule has 0 aliphatic carbocycles. The van der Waals surface area contributed by atoms with Crippen molar-refractivity contribution in [2.75, 3.05) is 0 Å². The smallest absolute Gasteiger partial charge is 0.347 e. The summed E-state index contributed by atoms with van der Waals surface area (Å²) in [5.74, 6) is -1.19. The Morgan fingerprint density at radius 2 is 2.20 bits per heavy atom. The van der Waals surface area contributed by atoms with Gasteiger partial charge >= 0.3 is 5.97 Å². The molecule has 20 heavy (non-hydrogen) atoms. The Morgan fingerprint density at radius 3 is 2.70 bits per heavy atom. The number of hydrogen-bond donors (Lipinski definition) is 2. The Hall–Kier alpha value is -1.25. The van der Waals surface area contributed by atoms with Crippen LogP contribution in [0.15, 0.2) is 15.9 Å². The van der Waals surface area contributed by atoms with Gasteiger partial charge in [0, 0.05) is 9.85 Å². The van der Waals surface area contributed by atoms with Gasteiger partial charge < -0.3 is 10.4 Å². The largest absolute Gasteiger partial charge is 0.477 e. The molecule has 1 unspecified atom stereocenters. The van der Waals surface area contributed by atoms with Crippen molar-refractivity contribution in [1.82, 2.24) is 10.3 Å². The number of nitrogens with one attached hydrogen (secondary N) is 1. The Bertz CT molecular complexity index is 665. The van der Waals surface area contributed by atoms with E-state index < -0.39 is 5.97 Å². The predicted molar refractivity (Wildman–Crippen MR) is 81.7 cm³/mol. The van der Waals surface area contributed by atoms with Crippen LogP contribution in [0.2, 0.25) is 0 Å². The van der Waals surface area contributed by atoms with E-state index in [4.69, 9.17) is 5.11 Å². The molecule has 0 aromatic carbocycles. The molecule has 2 rings (SSSR count). The molecule has 2 aromatic heterocycles. The average molecular weight is 375 g/mol. The van der Waals surface area contributed by atoms with Crippen molar-refractivity contribution >= 4 is 50.5 Å². The molecule has 8 heteroatoms. The third-order valence-electron chi connectivity index (χ3n) is 2.52. The average Bonchev–Trinajstić information content (AvgIpc) is 2.95. The second-order valence-electron chi connectivity index (χ2n) is 4.10. The molecule has 1 amide bonds. The van der Waals surface area contributed by atoms with Crippen LogP contribution in [0.4, 0.5) is 0 Å². The van der Waals surface area contributed by atoms with E-state index in [-0.39, 0.29) is 16.8 Å². The Balaban J connectivity index is 2.12. The van der Waals surface area contributed by atoms with Crippen molar-refractivity contribution in [3.63, 3.8) is 0 Å². The molecule has 5 nitrogen and oxygen atoms in total. The molecule has 0 fully saturated rings. The minimum absolute atomic E-state index is 0.196. The topological polar surface area (TPSA) is 79.3 Å². The summed E-state index contributed by atoms with van der Waals surface area (Å²) < 4.78 is 0.860. The van der Waals surface area contributed by atoms with Gasteiger partial charge in [0.25, 0.3) is 5.91 Å². The van der Waals surface area contributed by atoms with Gasteiger partial charge in [-0.15, -0.1) is 22.7 Å². The molecule has 0 radical (unpaired) electrons. The van der Waals surface area contributed by atoms with E-state index in [2.05, 4.69) is 26.2 Å². The van der Waals surface area contributed by atoms with Gasteiger partial charge in [0.15, 0.2) is 0 Å².